The number of nitriles is 1. The van der Waals surface area contributed by atoms with Crippen molar-refractivity contribution in [3.05, 3.63) is 94.5 Å². The maximum absolute atomic E-state index is 9.52. The molecule has 0 fully saturated rings. The third-order valence-corrected chi connectivity index (χ3v) is 5.60. The first kappa shape index (κ1) is 19.0. The molecule has 4 nitrogen and oxygen atoms in total. The van der Waals surface area contributed by atoms with Gasteiger partial charge in [0, 0.05) is 13.1 Å². The standard InChI is InChI=1S/C25H24N2O2/c1-28-23-14-19-12-13-27(17-21-11-7-6-10-20(21)16-26)25(18-8-4-3-5-9-18)22(19)15-24(23)29-2/h3-11,14-15,25H,12-13,17H2,1-2H3. The van der Waals surface area contributed by atoms with Crippen LogP contribution in [-0.4, -0.2) is 25.7 Å². The van der Waals surface area contributed by atoms with Gasteiger partial charge in [0.1, 0.15) is 0 Å². The fourth-order valence-corrected chi connectivity index (χ4v) is 4.18. The van der Waals surface area contributed by atoms with Crippen molar-refractivity contribution in [1.82, 2.24) is 4.90 Å². The number of nitrogens with zero attached hydrogens (tertiary/aromatic N) is 2. The van der Waals surface area contributed by atoms with Crippen LogP contribution < -0.4 is 9.47 Å². The molecule has 0 N–H and O–H groups in total. The van der Waals surface area contributed by atoms with Gasteiger partial charge in [-0.05, 0) is 46.9 Å². The summed E-state index contributed by atoms with van der Waals surface area (Å²) in [6.07, 6.45) is 0.924. The average Bonchev–Trinajstić information content (AvgIpc) is 2.78. The second-order valence-electron chi connectivity index (χ2n) is 7.21. The summed E-state index contributed by atoms with van der Waals surface area (Å²) in [7, 11) is 3.35. The van der Waals surface area contributed by atoms with E-state index >= 15 is 0 Å². The van der Waals surface area contributed by atoms with Crippen molar-refractivity contribution in [2.24, 2.45) is 0 Å². The van der Waals surface area contributed by atoms with Crippen molar-refractivity contribution in [2.45, 2.75) is 19.0 Å². The van der Waals surface area contributed by atoms with E-state index in [-0.39, 0.29) is 6.04 Å². The first-order valence-corrected chi connectivity index (χ1v) is 9.77. The van der Waals surface area contributed by atoms with Gasteiger partial charge in [-0.1, -0.05) is 48.5 Å². The summed E-state index contributed by atoms with van der Waals surface area (Å²) in [6.45, 7) is 1.62. The molecule has 3 aromatic rings. The lowest BCUT2D eigenvalue weighted by atomic mass is 9.87. The molecule has 1 unspecified atom stereocenters. The Morgan fingerprint density at radius 2 is 1.66 bits per heavy atom. The highest BCUT2D eigenvalue weighted by Gasteiger charge is 2.30. The zero-order valence-electron chi connectivity index (χ0n) is 16.8. The van der Waals surface area contributed by atoms with Gasteiger partial charge < -0.3 is 9.47 Å². The number of fused-ring (bicyclic) bond motifs is 1. The zero-order chi connectivity index (χ0) is 20.2. The molecular formula is C25H24N2O2. The summed E-state index contributed by atoms with van der Waals surface area (Å²) in [5.74, 6) is 1.51. The van der Waals surface area contributed by atoms with Gasteiger partial charge in [-0.3, -0.25) is 4.90 Å². The topological polar surface area (TPSA) is 45.5 Å². The second kappa shape index (κ2) is 8.38. The monoisotopic (exact) mass is 384 g/mol. The molecule has 0 spiro atoms. The number of hydrogen-bond donors (Lipinski definition) is 0. The Morgan fingerprint density at radius 3 is 2.38 bits per heavy atom. The van der Waals surface area contributed by atoms with Crippen LogP contribution in [0.2, 0.25) is 0 Å². The van der Waals surface area contributed by atoms with Crippen LogP contribution >= 0.6 is 0 Å². The molecule has 146 valence electrons. The number of hydrogen-bond acceptors (Lipinski definition) is 4. The Hall–Kier alpha value is -3.29. The molecule has 29 heavy (non-hydrogen) atoms. The predicted octanol–water partition coefficient (Wildman–Crippen LogP) is 4.72. The minimum atomic E-state index is 0.0894. The van der Waals surface area contributed by atoms with Crippen LogP contribution in [0.3, 0.4) is 0 Å². The van der Waals surface area contributed by atoms with Gasteiger partial charge in [0.25, 0.3) is 0 Å². The summed E-state index contributed by atoms with van der Waals surface area (Å²) in [6, 6.07) is 25.0. The number of rotatable bonds is 5. The molecule has 0 amide bonds. The molecule has 3 aromatic carbocycles. The van der Waals surface area contributed by atoms with Crippen molar-refractivity contribution in [3.8, 4) is 17.6 Å². The summed E-state index contributed by atoms with van der Waals surface area (Å²) >= 11 is 0. The molecule has 4 rings (SSSR count). The van der Waals surface area contributed by atoms with E-state index in [0.717, 1.165) is 42.1 Å². The van der Waals surface area contributed by atoms with Gasteiger partial charge in [-0.2, -0.15) is 5.26 Å². The van der Waals surface area contributed by atoms with Gasteiger partial charge in [-0.25, -0.2) is 0 Å². The molecule has 4 heteroatoms. The first-order chi connectivity index (χ1) is 14.2. The van der Waals surface area contributed by atoms with E-state index in [2.05, 4.69) is 47.4 Å². The summed E-state index contributed by atoms with van der Waals surface area (Å²) < 4.78 is 11.1. The average molecular weight is 384 g/mol. The molecule has 0 radical (unpaired) electrons. The zero-order valence-corrected chi connectivity index (χ0v) is 16.8. The van der Waals surface area contributed by atoms with Gasteiger partial charge in [0.2, 0.25) is 0 Å². The Kier molecular flexibility index (Phi) is 5.50. The third-order valence-electron chi connectivity index (χ3n) is 5.60. The maximum Gasteiger partial charge on any atom is 0.161 e. The van der Waals surface area contributed by atoms with Crippen molar-refractivity contribution in [2.75, 3.05) is 20.8 Å². The van der Waals surface area contributed by atoms with Gasteiger partial charge in [0.05, 0.1) is 31.9 Å². The fourth-order valence-electron chi connectivity index (χ4n) is 4.18. The molecule has 0 aromatic heterocycles. The largest absolute Gasteiger partial charge is 0.493 e. The lowest BCUT2D eigenvalue weighted by Crippen LogP contribution is -2.36. The molecular weight excluding hydrogens is 360 g/mol. The summed E-state index contributed by atoms with van der Waals surface area (Å²) in [5, 5.41) is 9.52. The van der Waals surface area contributed by atoms with Crippen LogP contribution in [0.25, 0.3) is 0 Å². The van der Waals surface area contributed by atoms with Crippen LogP contribution in [0.4, 0.5) is 0 Å². The van der Waals surface area contributed by atoms with E-state index in [4.69, 9.17) is 9.47 Å². The molecule has 1 aliphatic rings. The molecule has 0 saturated heterocycles. The number of benzene rings is 3. The Morgan fingerprint density at radius 1 is 0.966 bits per heavy atom. The fraction of sp³-hybridized carbons (Fsp3) is 0.240. The quantitative estimate of drug-likeness (QED) is 0.638. The van der Waals surface area contributed by atoms with E-state index in [0.29, 0.717) is 0 Å². The van der Waals surface area contributed by atoms with Gasteiger partial charge in [-0.15, -0.1) is 0 Å². The third kappa shape index (κ3) is 3.70. The minimum absolute atomic E-state index is 0.0894. The van der Waals surface area contributed by atoms with Crippen molar-refractivity contribution < 1.29 is 9.47 Å². The highest BCUT2D eigenvalue weighted by Crippen LogP contribution is 2.41. The first-order valence-electron chi connectivity index (χ1n) is 9.77. The summed E-state index contributed by atoms with van der Waals surface area (Å²) in [4.78, 5) is 2.44. The Bertz CT molecular complexity index is 1040. The lowest BCUT2D eigenvalue weighted by molar-refractivity contribution is 0.203. The Labute approximate surface area is 171 Å². The number of ether oxygens (including phenoxy) is 2. The van der Waals surface area contributed by atoms with Crippen LogP contribution in [0, 0.1) is 11.3 Å². The van der Waals surface area contributed by atoms with E-state index in [1.165, 1.54) is 16.7 Å². The normalized spacial score (nSPS) is 16.0. The van der Waals surface area contributed by atoms with E-state index in [1.807, 2.05) is 30.3 Å². The van der Waals surface area contributed by atoms with Crippen LogP contribution in [-0.2, 0) is 13.0 Å². The maximum atomic E-state index is 9.52. The van der Waals surface area contributed by atoms with Crippen LogP contribution in [0.15, 0.2) is 66.7 Å². The molecule has 0 bridgehead atoms. The van der Waals surface area contributed by atoms with E-state index < -0.39 is 0 Å². The highest BCUT2D eigenvalue weighted by atomic mass is 16.5. The molecule has 1 atom stereocenters. The van der Waals surface area contributed by atoms with E-state index in [9.17, 15) is 5.26 Å². The van der Waals surface area contributed by atoms with Crippen molar-refractivity contribution in [1.29, 1.82) is 5.26 Å². The Balaban J connectivity index is 1.80. The van der Waals surface area contributed by atoms with Crippen LogP contribution in [0.5, 0.6) is 11.5 Å². The summed E-state index contributed by atoms with van der Waals surface area (Å²) in [5.41, 5.74) is 5.53. The highest BCUT2D eigenvalue weighted by molar-refractivity contribution is 5.52. The molecule has 0 aliphatic carbocycles. The minimum Gasteiger partial charge on any atom is -0.493 e. The van der Waals surface area contributed by atoms with Crippen molar-refractivity contribution >= 4 is 0 Å². The second-order valence-corrected chi connectivity index (χ2v) is 7.21. The number of methoxy groups -OCH3 is 2. The SMILES string of the molecule is COc1cc2c(cc1OC)C(c1ccccc1)N(Cc1ccccc1C#N)CC2. The van der Waals surface area contributed by atoms with Crippen LogP contribution in [0.1, 0.15) is 33.9 Å². The molecule has 1 aliphatic heterocycles. The van der Waals surface area contributed by atoms with E-state index in [1.54, 1.807) is 14.2 Å². The van der Waals surface area contributed by atoms with Crippen molar-refractivity contribution in [3.63, 3.8) is 0 Å². The lowest BCUT2D eigenvalue weighted by Gasteiger charge is -2.38. The predicted molar refractivity (Wildman–Crippen MR) is 113 cm³/mol. The smallest absolute Gasteiger partial charge is 0.161 e. The van der Waals surface area contributed by atoms with Gasteiger partial charge >= 0.3 is 0 Å². The molecule has 1 heterocycles. The molecule has 0 saturated carbocycles. The van der Waals surface area contributed by atoms with Gasteiger partial charge in [0.15, 0.2) is 11.5 Å².